The summed E-state index contributed by atoms with van der Waals surface area (Å²) in [7, 11) is 0. The van der Waals surface area contributed by atoms with Crippen molar-refractivity contribution >= 4 is 63.2 Å². The standard InChI is InChI=1S/C15H12Cl3N5/c16-9-3-2-8(5-10(9)17)21-6-7-1-4-11-12(13(7)18)14(19)23-15(20)22-11/h1-5,21H,6H2,(H4,19,20,22,23). The zero-order chi connectivity index (χ0) is 16.6. The molecule has 5 N–H and O–H groups in total. The fourth-order valence-corrected chi connectivity index (χ4v) is 2.84. The quantitative estimate of drug-likeness (QED) is 0.639. The number of nitrogens with zero attached hydrogens (tertiary/aromatic N) is 2. The second-order valence-electron chi connectivity index (χ2n) is 4.88. The van der Waals surface area contributed by atoms with Gasteiger partial charge in [-0.25, -0.2) is 4.98 Å². The zero-order valence-corrected chi connectivity index (χ0v) is 14.0. The molecule has 3 rings (SSSR count). The third-order valence-corrected chi connectivity index (χ3v) is 4.50. The Balaban J connectivity index is 1.91. The van der Waals surface area contributed by atoms with Crippen molar-refractivity contribution in [2.45, 2.75) is 6.54 Å². The van der Waals surface area contributed by atoms with Crippen molar-refractivity contribution in [3.05, 3.63) is 51.0 Å². The Morgan fingerprint density at radius 3 is 2.48 bits per heavy atom. The Bertz CT molecular complexity index is 898. The molecule has 0 unspecified atom stereocenters. The Morgan fingerprint density at radius 2 is 1.74 bits per heavy atom. The summed E-state index contributed by atoms with van der Waals surface area (Å²) < 4.78 is 0. The summed E-state index contributed by atoms with van der Waals surface area (Å²) in [4.78, 5) is 8.08. The predicted octanol–water partition coefficient (Wildman–Crippen LogP) is 4.37. The maximum absolute atomic E-state index is 6.43. The molecule has 0 aliphatic heterocycles. The fraction of sp³-hybridized carbons (Fsp3) is 0.0667. The molecule has 0 saturated carbocycles. The van der Waals surface area contributed by atoms with E-state index >= 15 is 0 Å². The van der Waals surface area contributed by atoms with E-state index in [1.165, 1.54) is 0 Å². The molecular weight excluding hydrogens is 357 g/mol. The summed E-state index contributed by atoms with van der Waals surface area (Å²) in [5.41, 5.74) is 13.8. The predicted molar refractivity (Wildman–Crippen MR) is 97.2 cm³/mol. The first-order valence-corrected chi connectivity index (χ1v) is 7.78. The number of anilines is 3. The second kappa shape index (κ2) is 6.28. The number of aromatic nitrogens is 2. The van der Waals surface area contributed by atoms with Crippen LogP contribution in [-0.4, -0.2) is 9.97 Å². The van der Waals surface area contributed by atoms with E-state index in [4.69, 9.17) is 46.3 Å². The van der Waals surface area contributed by atoms with Crippen molar-refractivity contribution in [3.8, 4) is 0 Å². The molecule has 0 bridgehead atoms. The maximum atomic E-state index is 6.43. The van der Waals surface area contributed by atoms with Gasteiger partial charge in [0.2, 0.25) is 5.95 Å². The van der Waals surface area contributed by atoms with E-state index < -0.39 is 0 Å². The molecule has 0 radical (unpaired) electrons. The van der Waals surface area contributed by atoms with Gasteiger partial charge in [0.15, 0.2) is 0 Å². The molecule has 118 valence electrons. The van der Waals surface area contributed by atoms with Crippen molar-refractivity contribution in [1.82, 2.24) is 9.97 Å². The summed E-state index contributed by atoms with van der Waals surface area (Å²) in [5.74, 6) is 0.377. The molecule has 3 aromatic rings. The third kappa shape index (κ3) is 3.22. The van der Waals surface area contributed by atoms with Gasteiger partial charge in [-0.1, -0.05) is 40.9 Å². The molecule has 1 heterocycles. The minimum absolute atomic E-state index is 0.118. The van der Waals surface area contributed by atoms with Crippen LogP contribution in [-0.2, 0) is 6.54 Å². The van der Waals surface area contributed by atoms with E-state index in [2.05, 4.69) is 15.3 Å². The summed E-state index contributed by atoms with van der Waals surface area (Å²) >= 11 is 18.3. The van der Waals surface area contributed by atoms with E-state index in [1.54, 1.807) is 12.1 Å². The third-order valence-electron chi connectivity index (χ3n) is 3.33. The number of nitrogen functional groups attached to an aromatic ring is 2. The topological polar surface area (TPSA) is 89.8 Å². The van der Waals surface area contributed by atoms with Crippen molar-refractivity contribution < 1.29 is 0 Å². The molecule has 1 aromatic heterocycles. The first-order valence-electron chi connectivity index (χ1n) is 6.64. The Labute approximate surface area is 147 Å². The number of benzene rings is 2. The summed E-state index contributed by atoms with van der Waals surface area (Å²) in [6, 6.07) is 8.98. The maximum Gasteiger partial charge on any atom is 0.222 e. The largest absolute Gasteiger partial charge is 0.383 e. The monoisotopic (exact) mass is 367 g/mol. The average Bonchev–Trinajstić information content (AvgIpc) is 2.49. The van der Waals surface area contributed by atoms with Crippen molar-refractivity contribution in [2.75, 3.05) is 16.8 Å². The van der Waals surface area contributed by atoms with Crippen LogP contribution in [0, 0.1) is 0 Å². The Morgan fingerprint density at radius 1 is 0.957 bits per heavy atom. The van der Waals surface area contributed by atoms with Crippen molar-refractivity contribution in [3.63, 3.8) is 0 Å². The number of fused-ring (bicyclic) bond motifs is 1. The molecule has 0 spiro atoms. The molecule has 23 heavy (non-hydrogen) atoms. The minimum atomic E-state index is 0.118. The summed E-state index contributed by atoms with van der Waals surface area (Å²) in [5, 5.41) is 5.30. The Hall–Kier alpha value is -1.95. The first-order chi connectivity index (χ1) is 11.0. The lowest BCUT2D eigenvalue weighted by Gasteiger charge is -2.11. The van der Waals surface area contributed by atoms with Gasteiger partial charge in [-0.2, -0.15) is 4.98 Å². The van der Waals surface area contributed by atoms with Crippen LogP contribution in [0.15, 0.2) is 30.3 Å². The first kappa shape index (κ1) is 15.9. The van der Waals surface area contributed by atoms with Crippen LogP contribution in [0.5, 0.6) is 0 Å². The lowest BCUT2D eigenvalue weighted by molar-refractivity contribution is 1.15. The van der Waals surface area contributed by atoms with Crippen LogP contribution < -0.4 is 16.8 Å². The van der Waals surface area contributed by atoms with E-state index in [0.717, 1.165) is 11.3 Å². The highest BCUT2D eigenvalue weighted by Gasteiger charge is 2.11. The van der Waals surface area contributed by atoms with E-state index in [-0.39, 0.29) is 11.8 Å². The normalized spacial score (nSPS) is 10.9. The molecule has 0 aliphatic rings. The SMILES string of the molecule is Nc1nc(N)c2c(Cl)c(CNc3ccc(Cl)c(Cl)c3)ccc2n1. The number of hydrogen-bond donors (Lipinski definition) is 3. The average molecular weight is 369 g/mol. The smallest absolute Gasteiger partial charge is 0.222 e. The summed E-state index contributed by atoms with van der Waals surface area (Å²) in [6.07, 6.45) is 0. The van der Waals surface area contributed by atoms with Gasteiger partial charge < -0.3 is 16.8 Å². The lowest BCUT2D eigenvalue weighted by Crippen LogP contribution is -2.04. The number of nitrogens with two attached hydrogens (primary N) is 2. The molecule has 0 amide bonds. The van der Waals surface area contributed by atoms with E-state index in [1.807, 2.05) is 18.2 Å². The molecular formula is C15H12Cl3N5. The van der Waals surface area contributed by atoms with Gasteiger partial charge in [-0.3, -0.25) is 0 Å². The van der Waals surface area contributed by atoms with Crippen molar-refractivity contribution in [1.29, 1.82) is 0 Å². The highest BCUT2D eigenvalue weighted by molar-refractivity contribution is 6.42. The number of hydrogen-bond acceptors (Lipinski definition) is 5. The van der Waals surface area contributed by atoms with E-state index in [0.29, 0.717) is 32.5 Å². The van der Waals surface area contributed by atoms with E-state index in [9.17, 15) is 0 Å². The fourth-order valence-electron chi connectivity index (χ4n) is 2.21. The van der Waals surface area contributed by atoms with Gasteiger partial charge in [-0.15, -0.1) is 0 Å². The van der Waals surface area contributed by atoms with Crippen LogP contribution in [0.1, 0.15) is 5.56 Å². The lowest BCUT2D eigenvalue weighted by atomic mass is 10.1. The van der Waals surface area contributed by atoms with Gasteiger partial charge in [0.25, 0.3) is 0 Å². The van der Waals surface area contributed by atoms with Crippen LogP contribution in [0.2, 0.25) is 15.1 Å². The van der Waals surface area contributed by atoms with Gasteiger partial charge in [0.05, 0.1) is 26.0 Å². The molecule has 0 atom stereocenters. The molecule has 0 aliphatic carbocycles. The number of rotatable bonds is 3. The zero-order valence-electron chi connectivity index (χ0n) is 11.8. The van der Waals surface area contributed by atoms with Crippen LogP contribution >= 0.6 is 34.8 Å². The van der Waals surface area contributed by atoms with Crippen LogP contribution in [0.4, 0.5) is 17.5 Å². The van der Waals surface area contributed by atoms with Gasteiger partial charge in [0.1, 0.15) is 5.82 Å². The molecule has 2 aromatic carbocycles. The minimum Gasteiger partial charge on any atom is -0.383 e. The molecule has 8 heteroatoms. The molecule has 0 fully saturated rings. The Kier molecular flexibility index (Phi) is 4.35. The van der Waals surface area contributed by atoms with Crippen LogP contribution in [0.3, 0.4) is 0 Å². The highest BCUT2D eigenvalue weighted by Crippen LogP contribution is 2.31. The second-order valence-corrected chi connectivity index (χ2v) is 6.07. The summed E-state index contributed by atoms with van der Waals surface area (Å²) in [6.45, 7) is 0.483. The number of halogens is 3. The molecule has 5 nitrogen and oxygen atoms in total. The highest BCUT2D eigenvalue weighted by atomic mass is 35.5. The van der Waals surface area contributed by atoms with Gasteiger partial charge in [0, 0.05) is 12.2 Å². The number of nitrogens with one attached hydrogen (secondary N) is 1. The molecule has 0 saturated heterocycles. The van der Waals surface area contributed by atoms with Crippen LogP contribution in [0.25, 0.3) is 10.9 Å². The van der Waals surface area contributed by atoms with Crippen molar-refractivity contribution in [2.24, 2.45) is 0 Å². The van der Waals surface area contributed by atoms with Gasteiger partial charge >= 0.3 is 0 Å². The van der Waals surface area contributed by atoms with Gasteiger partial charge in [-0.05, 0) is 29.8 Å².